The average molecular weight is 417 g/mol. The van der Waals surface area contributed by atoms with Crippen LogP contribution in [0.4, 0.5) is 4.79 Å². The van der Waals surface area contributed by atoms with Crippen LogP contribution in [0.1, 0.15) is 25.7 Å². The fraction of sp³-hybridized carbons (Fsp3) is 0.524. The fourth-order valence-corrected chi connectivity index (χ4v) is 5.72. The van der Waals surface area contributed by atoms with Crippen molar-refractivity contribution in [2.75, 3.05) is 19.4 Å². The molecule has 0 saturated carbocycles. The van der Waals surface area contributed by atoms with E-state index in [2.05, 4.69) is 26.6 Å². The van der Waals surface area contributed by atoms with Crippen LogP contribution in [0.3, 0.4) is 0 Å². The third-order valence-electron chi connectivity index (χ3n) is 5.73. The Bertz CT molecular complexity index is 884. The molecule has 7 nitrogen and oxygen atoms in total. The maximum absolute atomic E-state index is 12.1. The van der Waals surface area contributed by atoms with Gasteiger partial charge in [-0.25, -0.2) is 4.79 Å². The SMILES string of the molecule is COc1ccc2c(ccn2CCNC(=O)CCCCC2SCC3NC(=O)NC32)c1. The van der Waals surface area contributed by atoms with Crippen molar-refractivity contribution in [2.24, 2.45) is 0 Å². The van der Waals surface area contributed by atoms with Crippen LogP contribution in [-0.4, -0.2) is 53.2 Å². The summed E-state index contributed by atoms with van der Waals surface area (Å²) >= 11 is 1.92. The number of unbranched alkanes of at least 4 members (excludes halogenated alkanes) is 1. The number of thioether (sulfide) groups is 1. The largest absolute Gasteiger partial charge is 0.497 e. The number of hydrogen-bond acceptors (Lipinski definition) is 4. The highest BCUT2D eigenvalue weighted by Crippen LogP contribution is 2.33. The number of nitrogens with zero attached hydrogens (tertiary/aromatic N) is 1. The molecule has 8 heteroatoms. The van der Waals surface area contributed by atoms with E-state index in [9.17, 15) is 9.59 Å². The molecule has 3 N–H and O–H groups in total. The second-order valence-corrected chi connectivity index (χ2v) is 8.92. The molecular weight excluding hydrogens is 388 g/mol. The van der Waals surface area contributed by atoms with E-state index in [1.165, 1.54) is 0 Å². The molecule has 2 aliphatic heterocycles. The van der Waals surface area contributed by atoms with Crippen LogP contribution in [0.15, 0.2) is 30.5 Å². The van der Waals surface area contributed by atoms with E-state index in [1.54, 1.807) is 7.11 Å². The number of rotatable bonds is 9. The van der Waals surface area contributed by atoms with Gasteiger partial charge in [-0.1, -0.05) is 6.42 Å². The molecule has 156 valence electrons. The Kier molecular flexibility index (Phi) is 6.18. The molecule has 1 aromatic heterocycles. The molecule has 29 heavy (non-hydrogen) atoms. The number of methoxy groups -OCH3 is 1. The second kappa shape index (κ2) is 8.98. The van der Waals surface area contributed by atoms with Crippen molar-refractivity contribution >= 4 is 34.6 Å². The summed E-state index contributed by atoms with van der Waals surface area (Å²) in [6, 6.07) is 8.55. The van der Waals surface area contributed by atoms with Gasteiger partial charge < -0.3 is 25.3 Å². The summed E-state index contributed by atoms with van der Waals surface area (Å²) in [5, 5.41) is 10.6. The van der Waals surface area contributed by atoms with Crippen molar-refractivity contribution in [2.45, 2.75) is 49.6 Å². The van der Waals surface area contributed by atoms with Gasteiger partial charge in [0.15, 0.2) is 0 Å². The minimum Gasteiger partial charge on any atom is -0.497 e. The Hall–Kier alpha value is -2.35. The summed E-state index contributed by atoms with van der Waals surface area (Å²) in [5.74, 6) is 1.94. The van der Waals surface area contributed by atoms with Crippen molar-refractivity contribution < 1.29 is 14.3 Å². The lowest BCUT2D eigenvalue weighted by Gasteiger charge is -2.16. The van der Waals surface area contributed by atoms with Gasteiger partial charge in [0.05, 0.1) is 19.2 Å². The molecule has 3 heterocycles. The zero-order chi connectivity index (χ0) is 20.2. The van der Waals surface area contributed by atoms with Crippen LogP contribution in [0.5, 0.6) is 5.75 Å². The molecule has 2 fully saturated rings. The molecule has 0 spiro atoms. The van der Waals surface area contributed by atoms with Gasteiger partial charge in [0.2, 0.25) is 5.91 Å². The number of hydrogen-bond donors (Lipinski definition) is 3. The Labute approximate surface area is 174 Å². The van der Waals surface area contributed by atoms with E-state index < -0.39 is 0 Å². The van der Waals surface area contributed by atoms with Crippen molar-refractivity contribution in [3.8, 4) is 5.75 Å². The zero-order valence-corrected chi connectivity index (χ0v) is 17.5. The van der Waals surface area contributed by atoms with Gasteiger partial charge in [0, 0.05) is 47.6 Å². The van der Waals surface area contributed by atoms with E-state index in [0.29, 0.717) is 18.2 Å². The number of fused-ring (bicyclic) bond motifs is 2. The summed E-state index contributed by atoms with van der Waals surface area (Å²) < 4.78 is 7.41. The van der Waals surface area contributed by atoms with Crippen LogP contribution in [0.2, 0.25) is 0 Å². The number of ether oxygens (including phenoxy) is 1. The molecule has 3 amide bonds. The van der Waals surface area contributed by atoms with Gasteiger partial charge in [-0.15, -0.1) is 0 Å². The predicted octanol–water partition coefficient (Wildman–Crippen LogP) is 2.49. The molecule has 4 rings (SSSR count). The van der Waals surface area contributed by atoms with Crippen molar-refractivity contribution in [1.82, 2.24) is 20.5 Å². The lowest BCUT2D eigenvalue weighted by molar-refractivity contribution is -0.121. The first kappa shape index (κ1) is 19.9. The standard InChI is InChI=1S/C21H28N4O3S/c1-28-15-6-7-17-14(12-15)8-10-25(17)11-9-22-19(26)5-3-2-4-18-20-16(13-29-18)23-21(27)24-20/h6-8,10,12,16,18,20H,2-5,9,11,13H2,1H3,(H,22,26)(H2,23,24,27). The van der Waals surface area contributed by atoms with Crippen LogP contribution >= 0.6 is 11.8 Å². The minimum atomic E-state index is -0.0423. The normalized spacial score (nSPS) is 22.9. The molecule has 0 aliphatic carbocycles. The van der Waals surface area contributed by atoms with Crippen LogP contribution in [-0.2, 0) is 11.3 Å². The number of carbonyl (C=O) groups is 2. The van der Waals surface area contributed by atoms with Crippen molar-refractivity contribution in [1.29, 1.82) is 0 Å². The number of carbonyl (C=O) groups excluding carboxylic acids is 2. The van der Waals surface area contributed by atoms with Crippen LogP contribution in [0.25, 0.3) is 10.9 Å². The van der Waals surface area contributed by atoms with Gasteiger partial charge >= 0.3 is 6.03 Å². The summed E-state index contributed by atoms with van der Waals surface area (Å²) in [4.78, 5) is 23.5. The highest BCUT2D eigenvalue weighted by molar-refractivity contribution is 8.00. The third-order valence-corrected chi connectivity index (χ3v) is 7.24. The molecule has 0 radical (unpaired) electrons. The molecule has 3 atom stereocenters. The number of amides is 3. The maximum atomic E-state index is 12.1. The Morgan fingerprint density at radius 2 is 2.21 bits per heavy atom. The topological polar surface area (TPSA) is 84.4 Å². The number of nitrogens with one attached hydrogen (secondary N) is 3. The lowest BCUT2D eigenvalue weighted by Crippen LogP contribution is -2.36. The Morgan fingerprint density at radius 1 is 1.31 bits per heavy atom. The van der Waals surface area contributed by atoms with E-state index >= 15 is 0 Å². The van der Waals surface area contributed by atoms with E-state index in [-0.39, 0.29) is 24.0 Å². The molecule has 2 aliphatic rings. The van der Waals surface area contributed by atoms with E-state index in [1.807, 2.05) is 36.2 Å². The van der Waals surface area contributed by atoms with Gasteiger partial charge in [0.1, 0.15) is 5.75 Å². The summed E-state index contributed by atoms with van der Waals surface area (Å²) in [5.41, 5.74) is 1.14. The Morgan fingerprint density at radius 3 is 3.07 bits per heavy atom. The fourth-order valence-electron chi connectivity index (χ4n) is 4.18. The highest BCUT2D eigenvalue weighted by atomic mass is 32.2. The first-order valence-electron chi connectivity index (χ1n) is 10.2. The Balaban J connectivity index is 1.13. The number of aromatic nitrogens is 1. The maximum Gasteiger partial charge on any atom is 0.315 e. The first-order valence-corrected chi connectivity index (χ1v) is 11.3. The van der Waals surface area contributed by atoms with Gasteiger partial charge in [-0.3, -0.25) is 4.79 Å². The van der Waals surface area contributed by atoms with E-state index in [0.717, 1.165) is 48.2 Å². The van der Waals surface area contributed by atoms with Crippen LogP contribution in [0, 0.1) is 0 Å². The second-order valence-electron chi connectivity index (χ2n) is 7.65. The zero-order valence-electron chi connectivity index (χ0n) is 16.6. The van der Waals surface area contributed by atoms with Gasteiger partial charge in [-0.2, -0.15) is 11.8 Å². The van der Waals surface area contributed by atoms with E-state index in [4.69, 9.17) is 4.74 Å². The average Bonchev–Trinajstić information content (AvgIpc) is 3.39. The van der Waals surface area contributed by atoms with Crippen molar-refractivity contribution in [3.05, 3.63) is 30.5 Å². The van der Waals surface area contributed by atoms with Crippen molar-refractivity contribution in [3.63, 3.8) is 0 Å². The van der Waals surface area contributed by atoms with Crippen LogP contribution < -0.4 is 20.7 Å². The molecule has 2 aromatic rings. The molecule has 1 aromatic carbocycles. The summed E-state index contributed by atoms with van der Waals surface area (Å²) in [7, 11) is 1.67. The highest BCUT2D eigenvalue weighted by Gasteiger charge is 2.42. The molecule has 2 saturated heterocycles. The lowest BCUT2D eigenvalue weighted by atomic mass is 10.0. The monoisotopic (exact) mass is 416 g/mol. The molecular formula is C21H28N4O3S. The summed E-state index contributed by atoms with van der Waals surface area (Å²) in [6.45, 7) is 1.37. The number of benzene rings is 1. The quantitative estimate of drug-likeness (QED) is 0.433. The summed E-state index contributed by atoms with van der Waals surface area (Å²) in [6.07, 6.45) is 5.53. The first-order chi connectivity index (χ1) is 14.1. The third kappa shape index (κ3) is 4.63. The number of urea groups is 1. The smallest absolute Gasteiger partial charge is 0.315 e. The molecule has 0 bridgehead atoms. The van der Waals surface area contributed by atoms with Gasteiger partial charge in [0.25, 0.3) is 0 Å². The molecule has 3 unspecified atom stereocenters. The predicted molar refractivity (Wildman–Crippen MR) is 115 cm³/mol. The minimum absolute atomic E-state index is 0.0423. The van der Waals surface area contributed by atoms with Gasteiger partial charge in [-0.05, 0) is 37.1 Å².